The van der Waals surface area contributed by atoms with Crippen molar-refractivity contribution in [3.8, 4) is 0 Å². The Morgan fingerprint density at radius 3 is 2.32 bits per heavy atom. The molecule has 2 N–H and O–H groups in total. The number of aromatic carboxylic acids is 1. The van der Waals surface area contributed by atoms with Gasteiger partial charge in [-0.05, 0) is 49.6 Å². The molecule has 0 atom stereocenters. The van der Waals surface area contributed by atoms with E-state index in [1.54, 1.807) is 12.1 Å². The summed E-state index contributed by atoms with van der Waals surface area (Å²) in [4.78, 5) is 23.2. The molecule has 0 aromatic heterocycles. The smallest absolute Gasteiger partial charge is 0.412 e. The molecule has 0 fully saturated rings. The number of benzene rings is 2. The molecule has 0 bridgehead atoms. The highest BCUT2D eigenvalue weighted by Gasteiger charge is 2.19. The van der Waals surface area contributed by atoms with Crippen molar-refractivity contribution >= 4 is 49.6 Å². The number of hydrogen-bond acceptors (Lipinski definition) is 3. The quantitative estimate of drug-likeness (QED) is 0.742. The molecule has 2 aromatic carbocycles. The number of carboxylic acid groups (broad SMARTS) is 1. The lowest BCUT2D eigenvalue weighted by Gasteiger charge is -2.12. The van der Waals surface area contributed by atoms with Crippen molar-refractivity contribution in [2.45, 2.75) is 6.61 Å². The van der Waals surface area contributed by atoms with E-state index < -0.39 is 12.1 Å². The molecule has 0 spiro atoms. The van der Waals surface area contributed by atoms with Crippen LogP contribution in [0.1, 0.15) is 15.9 Å². The lowest BCUT2D eigenvalue weighted by Crippen LogP contribution is -2.17. The summed E-state index contributed by atoms with van der Waals surface area (Å²) in [6, 6.07) is 12.4. The fraction of sp³-hybridized carbons (Fsp3) is 0.0667. The molecule has 0 aliphatic heterocycles. The second-order valence-electron chi connectivity index (χ2n) is 4.27. The second-order valence-corrected chi connectivity index (χ2v) is 5.98. The van der Waals surface area contributed by atoms with Crippen LogP contribution in [0.4, 0.5) is 10.5 Å². The Bertz CT molecular complexity index is 704. The summed E-state index contributed by atoms with van der Waals surface area (Å²) in [5.74, 6) is -1.16. The molecule has 5 nitrogen and oxygen atoms in total. The zero-order chi connectivity index (χ0) is 16.1. The van der Waals surface area contributed by atoms with Gasteiger partial charge in [-0.2, -0.15) is 0 Å². The maximum absolute atomic E-state index is 11.9. The van der Waals surface area contributed by atoms with Crippen molar-refractivity contribution < 1.29 is 19.4 Å². The van der Waals surface area contributed by atoms with E-state index in [4.69, 9.17) is 4.74 Å². The zero-order valence-electron chi connectivity index (χ0n) is 11.2. The Morgan fingerprint density at radius 1 is 1.05 bits per heavy atom. The lowest BCUT2D eigenvalue weighted by molar-refractivity contribution is 0.0697. The van der Waals surface area contributed by atoms with Gasteiger partial charge in [0.25, 0.3) is 0 Å². The first-order valence-corrected chi connectivity index (χ1v) is 7.76. The van der Waals surface area contributed by atoms with Gasteiger partial charge >= 0.3 is 12.1 Å². The van der Waals surface area contributed by atoms with E-state index in [0.29, 0.717) is 8.95 Å². The number of carbonyl (C=O) groups excluding carboxylic acids is 1. The molecule has 0 aliphatic carbocycles. The zero-order valence-corrected chi connectivity index (χ0v) is 14.3. The molecule has 0 saturated carbocycles. The second kappa shape index (κ2) is 7.42. The number of anilines is 1. The number of hydrogen-bond donors (Lipinski definition) is 2. The number of nitrogens with one attached hydrogen (secondary N) is 1. The minimum absolute atomic E-state index is 0.0500. The van der Waals surface area contributed by atoms with Gasteiger partial charge in [-0.25, -0.2) is 9.59 Å². The van der Waals surface area contributed by atoms with Crippen LogP contribution < -0.4 is 5.32 Å². The van der Waals surface area contributed by atoms with Crippen LogP contribution in [0.3, 0.4) is 0 Å². The molecule has 0 radical (unpaired) electrons. The average Bonchev–Trinajstić information content (AvgIpc) is 2.49. The topological polar surface area (TPSA) is 75.6 Å². The van der Waals surface area contributed by atoms with E-state index in [0.717, 1.165) is 5.56 Å². The first-order valence-electron chi connectivity index (χ1n) is 6.18. The van der Waals surface area contributed by atoms with Gasteiger partial charge in [0.1, 0.15) is 6.61 Å². The van der Waals surface area contributed by atoms with Crippen LogP contribution >= 0.6 is 31.9 Å². The van der Waals surface area contributed by atoms with Gasteiger partial charge in [-0.1, -0.05) is 30.3 Å². The fourth-order valence-corrected chi connectivity index (χ4v) is 2.67. The average molecular weight is 429 g/mol. The van der Waals surface area contributed by atoms with E-state index in [-0.39, 0.29) is 17.9 Å². The molecule has 0 aliphatic rings. The van der Waals surface area contributed by atoms with Crippen molar-refractivity contribution in [1.82, 2.24) is 0 Å². The van der Waals surface area contributed by atoms with Gasteiger partial charge < -0.3 is 9.84 Å². The molecule has 0 heterocycles. The largest absolute Gasteiger partial charge is 0.478 e. The molecule has 2 aromatic rings. The molecule has 114 valence electrons. The van der Waals surface area contributed by atoms with E-state index in [1.165, 1.54) is 0 Å². The van der Waals surface area contributed by atoms with Gasteiger partial charge in [-0.15, -0.1) is 0 Å². The minimum Gasteiger partial charge on any atom is -0.478 e. The van der Waals surface area contributed by atoms with Gasteiger partial charge in [-0.3, -0.25) is 5.32 Å². The van der Waals surface area contributed by atoms with E-state index in [2.05, 4.69) is 37.2 Å². The van der Waals surface area contributed by atoms with E-state index in [1.807, 2.05) is 30.3 Å². The summed E-state index contributed by atoms with van der Waals surface area (Å²) in [5, 5.41) is 11.7. The Morgan fingerprint density at radius 2 is 1.68 bits per heavy atom. The molecule has 7 heteroatoms. The predicted octanol–water partition coefficient (Wildman–Crippen LogP) is 4.66. The molecule has 1 amide bonds. The molecule has 0 unspecified atom stereocenters. The number of carboxylic acids is 1. The third kappa shape index (κ3) is 4.08. The van der Waals surface area contributed by atoms with Crippen LogP contribution in [0.2, 0.25) is 0 Å². The number of rotatable bonds is 4. The summed E-state index contributed by atoms with van der Waals surface area (Å²) in [5.41, 5.74) is 0.926. The number of halogens is 2. The Labute approximate surface area is 143 Å². The number of amides is 1. The van der Waals surface area contributed by atoms with Crippen LogP contribution in [-0.4, -0.2) is 17.2 Å². The molecular formula is C15H11Br2NO4. The summed E-state index contributed by atoms with van der Waals surface area (Å²) in [6.45, 7) is 0.0979. The monoisotopic (exact) mass is 427 g/mol. The lowest BCUT2D eigenvalue weighted by atomic mass is 10.2. The Kier molecular flexibility index (Phi) is 5.57. The van der Waals surface area contributed by atoms with Crippen molar-refractivity contribution in [3.05, 3.63) is 62.5 Å². The van der Waals surface area contributed by atoms with Crippen LogP contribution in [-0.2, 0) is 11.3 Å². The van der Waals surface area contributed by atoms with Gasteiger partial charge in [0.05, 0.1) is 11.3 Å². The molecule has 0 saturated heterocycles. The summed E-state index contributed by atoms with van der Waals surface area (Å²) in [6.07, 6.45) is -0.731. The van der Waals surface area contributed by atoms with E-state index >= 15 is 0 Å². The highest BCUT2D eigenvalue weighted by molar-refractivity contribution is 9.11. The van der Waals surface area contributed by atoms with Gasteiger partial charge in [0, 0.05) is 8.95 Å². The Balaban J connectivity index is 2.12. The maximum atomic E-state index is 11.9. The van der Waals surface area contributed by atoms with Crippen LogP contribution in [0, 0.1) is 0 Å². The Hall–Kier alpha value is -1.86. The highest BCUT2D eigenvalue weighted by atomic mass is 79.9. The van der Waals surface area contributed by atoms with Crippen LogP contribution in [0.5, 0.6) is 0 Å². The van der Waals surface area contributed by atoms with Crippen LogP contribution in [0.25, 0.3) is 0 Å². The van der Waals surface area contributed by atoms with Crippen molar-refractivity contribution in [2.24, 2.45) is 0 Å². The highest BCUT2D eigenvalue weighted by Crippen LogP contribution is 2.32. The number of ether oxygens (including phenoxy) is 1. The van der Waals surface area contributed by atoms with Gasteiger partial charge in [0.15, 0.2) is 0 Å². The summed E-state index contributed by atoms with van der Waals surface area (Å²) < 4.78 is 5.89. The van der Waals surface area contributed by atoms with E-state index in [9.17, 15) is 14.7 Å². The van der Waals surface area contributed by atoms with Crippen LogP contribution in [0.15, 0.2) is 51.4 Å². The minimum atomic E-state index is -1.16. The summed E-state index contributed by atoms with van der Waals surface area (Å²) in [7, 11) is 0. The fourth-order valence-electron chi connectivity index (χ4n) is 1.74. The van der Waals surface area contributed by atoms with Crippen molar-refractivity contribution in [3.63, 3.8) is 0 Å². The molecular weight excluding hydrogens is 418 g/mol. The summed E-state index contributed by atoms with van der Waals surface area (Å²) >= 11 is 6.37. The first-order chi connectivity index (χ1) is 10.5. The normalized spacial score (nSPS) is 10.1. The van der Waals surface area contributed by atoms with Crippen molar-refractivity contribution in [2.75, 3.05) is 5.32 Å². The molecule has 22 heavy (non-hydrogen) atoms. The number of carbonyl (C=O) groups is 2. The standard InChI is InChI=1S/C15H11Br2NO4/c16-10-6-7-11(17)13(12(10)14(19)20)18-15(21)22-8-9-4-2-1-3-5-9/h1-7H,8H2,(H,18,21)(H,19,20). The van der Waals surface area contributed by atoms with Gasteiger partial charge in [0.2, 0.25) is 0 Å². The first kappa shape index (κ1) is 16.5. The van der Waals surface area contributed by atoms with Crippen molar-refractivity contribution in [1.29, 1.82) is 0 Å². The third-order valence-electron chi connectivity index (χ3n) is 2.76. The molecule has 2 rings (SSSR count). The predicted molar refractivity (Wildman–Crippen MR) is 89.1 cm³/mol. The SMILES string of the molecule is O=C(Nc1c(Br)ccc(Br)c1C(=O)O)OCc1ccccc1. The maximum Gasteiger partial charge on any atom is 0.412 e. The third-order valence-corrected chi connectivity index (χ3v) is 4.08.